The van der Waals surface area contributed by atoms with E-state index in [-0.39, 0.29) is 10.6 Å². The molecule has 2 aromatic rings. The normalized spacial score (nSPS) is 10.2. The molecule has 0 saturated heterocycles. The molecule has 1 aromatic heterocycles. The minimum Gasteiger partial charge on any atom is -0.310 e. The molecule has 3 heteroatoms. The quantitative estimate of drug-likeness (QED) is 0.761. The number of nitrogens with zero attached hydrogens (tertiary/aromatic N) is 1. The lowest BCUT2D eigenvalue weighted by atomic mass is 10.2. The van der Waals surface area contributed by atoms with E-state index in [9.17, 15) is 4.79 Å². The van der Waals surface area contributed by atoms with Crippen molar-refractivity contribution in [3.05, 3.63) is 69.6 Å². The van der Waals surface area contributed by atoms with Crippen LogP contribution in [0.1, 0.15) is 5.56 Å². The van der Waals surface area contributed by atoms with E-state index in [4.69, 9.17) is 11.6 Å². The Kier molecular flexibility index (Phi) is 2.88. The van der Waals surface area contributed by atoms with Crippen LogP contribution in [0.3, 0.4) is 0 Å². The molecule has 0 atom stereocenters. The second kappa shape index (κ2) is 4.32. The van der Waals surface area contributed by atoms with Crippen LogP contribution in [0.4, 0.5) is 0 Å². The van der Waals surface area contributed by atoms with Crippen LogP contribution < -0.4 is 5.56 Å². The Morgan fingerprint density at radius 2 is 1.80 bits per heavy atom. The van der Waals surface area contributed by atoms with Gasteiger partial charge in [-0.1, -0.05) is 41.9 Å². The summed E-state index contributed by atoms with van der Waals surface area (Å²) in [4.78, 5) is 11.6. The molecule has 15 heavy (non-hydrogen) atoms. The largest absolute Gasteiger partial charge is 0.310 e. The highest BCUT2D eigenvalue weighted by Gasteiger charge is 2.00. The summed E-state index contributed by atoms with van der Waals surface area (Å²) >= 11 is 5.75. The molecule has 0 unspecified atom stereocenters. The lowest BCUT2D eigenvalue weighted by Gasteiger charge is -2.05. The Balaban J connectivity index is 2.33. The van der Waals surface area contributed by atoms with Gasteiger partial charge in [-0.3, -0.25) is 4.79 Å². The van der Waals surface area contributed by atoms with Crippen LogP contribution in [0.5, 0.6) is 0 Å². The van der Waals surface area contributed by atoms with Crippen molar-refractivity contribution in [1.29, 1.82) is 0 Å². The molecule has 0 N–H and O–H groups in total. The summed E-state index contributed by atoms with van der Waals surface area (Å²) in [6, 6.07) is 13.2. The first-order valence-corrected chi connectivity index (χ1v) is 5.04. The van der Waals surface area contributed by atoms with Gasteiger partial charge in [-0.05, 0) is 17.7 Å². The van der Waals surface area contributed by atoms with Crippen molar-refractivity contribution in [3.8, 4) is 0 Å². The van der Waals surface area contributed by atoms with Gasteiger partial charge in [-0.15, -0.1) is 0 Å². The van der Waals surface area contributed by atoms with Gasteiger partial charge in [0.2, 0.25) is 0 Å². The molecule has 0 saturated carbocycles. The van der Waals surface area contributed by atoms with Gasteiger partial charge >= 0.3 is 0 Å². The van der Waals surface area contributed by atoms with Crippen molar-refractivity contribution in [2.75, 3.05) is 0 Å². The molecule has 76 valence electrons. The van der Waals surface area contributed by atoms with Crippen LogP contribution in [0.2, 0.25) is 5.02 Å². The van der Waals surface area contributed by atoms with Gasteiger partial charge < -0.3 is 4.57 Å². The third-order valence-corrected chi connectivity index (χ3v) is 2.46. The molecule has 1 aromatic carbocycles. The fourth-order valence-electron chi connectivity index (χ4n) is 1.41. The number of aromatic nitrogens is 1. The number of hydrogen-bond donors (Lipinski definition) is 0. The van der Waals surface area contributed by atoms with E-state index >= 15 is 0 Å². The highest BCUT2D eigenvalue weighted by atomic mass is 35.5. The average Bonchev–Trinajstić information content (AvgIpc) is 2.26. The zero-order chi connectivity index (χ0) is 10.7. The molecule has 0 amide bonds. The van der Waals surface area contributed by atoms with Crippen LogP contribution in [-0.2, 0) is 6.54 Å². The number of halogens is 1. The molecule has 2 rings (SSSR count). The minimum atomic E-state index is -0.150. The first-order valence-electron chi connectivity index (χ1n) is 4.66. The smallest absolute Gasteiger partial charge is 0.269 e. The minimum absolute atomic E-state index is 0.150. The number of benzene rings is 1. The maximum atomic E-state index is 11.6. The lowest BCUT2D eigenvalue weighted by molar-refractivity contribution is 0.760. The van der Waals surface area contributed by atoms with E-state index in [1.165, 1.54) is 0 Å². The van der Waals surface area contributed by atoms with Gasteiger partial charge in [-0.25, -0.2) is 0 Å². The maximum Gasteiger partial charge on any atom is 0.269 e. The third kappa shape index (κ3) is 2.28. The molecule has 0 spiro atoms. The molecular weight excluding hydrogens is 210 g/mol. The van der Waals surface area contributed by atoms with Gasteiger partial charge in [0, 0.05) is 6.20 Å². The van der Waals surface area contributed by atoms with E-state index in [0.717, 1.165) is 5.56 Å². The second-order valence-electron chi connectivity index (χ2n) is 3.27. The predicted octanol–water partition coefficient (Wildman–Crippen LogP) is 2.55. The fourth-order valence-corrected chi connectivity index (χ4v) is 1.59. The van der Waals surface area contributed by atoms with E-state index in [0.29, 0.717) is 6.54 Å². The Morgan fingerprint density at radius 1 is 1.07 bits per heavy atom. The fraction of sp³-hybridized carbons (Fsp3) is 0.0833. The van der Waals surface area contributed by atoms with Crippen LogP contribution >= 0.6 is 11.6 Å². The summed E-state index contributed by atoms with van der Waals surface area (Å²) in [5.41, 5.74) is 0.935. The Hall–Kier alpha value is -1.54. The van der Waals surface area contributed by atoms with Crippen LogP contribution in [0.25, 0.3) is 0 Å². The Bertz CT molecular complexity index is 505. The molecule has 0 radical (unpaired) electrons. The predicted molar refractivity (Wildman–Crippen MR) is 61.3 cm³/mol. The summed E-state index contributed by atoms with van der Waals surface area (Å²) < 4.78 is 1.59. The van der Waals surface area contributed by atoms with Crippen molar-refractivity contribution in [3.63, 3.8) is 0 Å². The highest BCUT2D eigenvalue weighted by molar-refractivity contribution is 6.30. The second-order valence-corrected chi connectivity index (χ2v) is 3.68. The number of hydrogen-bond acceptors (Lipinski definition) is 1. The molecule has 1 heterocycles. The first kappa shape index (κ1) is 9.99. The van der Waals surface area contributed by atoms with Gasteiger partial charge in [0.15, 0.2) is 0 Å². The van der Waals surface area contributed by atoms with E-state index in [2.05, 4.69) is 0 Å². The molecule has 0 aliphatic carbocycles. The van der Waals surface area contributed by atoms with Crippen LogP contribution in [0.15, 0.2) is 53.5 Å². The lowest BCUT2D eigenvalue weighted by Crippen LogP contribution is -2.19. The molecule has 0 aliphatic rings. The molecule has 0 bridgehead atoms. The summed E-state index contributed by atoms with van der Waals surface area (Å²) in [5.74, 6) is 0. The monoisotopic (exact) mass is 219 g/mol. The molecule has 0 aliphatic heterocycles. The number of rotatable bonds is 2. The van der Waals surface area contributed by atoms with Crippen molar-refractivity contribution < 1.29 is 0 Å². The van der Waals surface area contributed by atoms with E-state index in [1.807, 2.05) is 30.3 Å². The van der Waals surface area contributed by atoms with Gasteiger partial charge in [0.05, 0.1) is 6.54 Å². The maximum absolute atomic E-state index is 11.6. The Labute approximate surface area is 92.7 Å². The first-order chi connectivity index (χ1) is 7.27. The molecular formula is C12H10ClNO. The van der Waals surface area contributed by atoms with Crippen molar-refractivity contribution in [2.24, 2.45) is 0 Å². The summed E-state index contributed by atoms with van der Waals surface area (Å²) in [7, 11) is 0. The summed E-state index contributed by atoms with van der Waals surface area (Å²) in [6.07, 6.45) is 1.74. The van der Waals surface area contributed by atoms with E-state index < -0.39 is 0 Å². The average molecular weight is 220 g/mol. The van der Waals surface area contributed by atoms with Crippen molar-refractivity contribution in [2.45, 2.75) is 6.54 Å². The Morgan fingerprint density at radius 3 is 2.53 bits per heavy atom. The van der Waals surface area contributed by atoms with Crippen molar-refractivity contribution >= 4 is 11.6 Å². The van der Waals surface area contributed by atoms with Crippen LogP contribution in [0, 0.1) is 0 Å². The van der Waals surface area contributed by atoms with Gasteiger partial charge in [0.25, 0.3) is 5.56 Å². The van der Waals surface area contributed by atoms with Gasteiger partial charge in [0.1, 0.15) is 5.02 Å². The zero-order valence-corrected chi connectivity index (χ0v) is 8.82. The molecule has 0 fully saturated rings. The molecule has 2 nitrogen and oxygen atoms in total. The van der Waals surface area contributed by atoms with Crippen molar-refractivity contribution in [1.82, 2.24) is 4.57 Å². The SMILES string of the molecule is O=c1c(Cl)cccn1Cc1ccccc1. The topological polar surface area (TPSA) is 22.0 Å². The summed E-state index contributed by atoms with van der Waals surface area (Å²) in [5, 5.41) is 0.258. The van der Waals surface area contributed by atoms with Gasteiger partial charge in [-0.2, -0.15) is 0 Å². The highest BCUT2D eigenvalue weighted by Crippen LogP contribution is 2.03. The van der Waals surface area contributed by atoms with Crippen LogP contribution in [-0.4, -0.2) is 4.57 Å². The zero-order valence-electron chi connectivity index (χ0n) is 8.06. The summed E-state index contributed by atoms with van der Waals surface area (Å²) in [6.45, 7) is 0.556. The standard InChI is InChI=1S/C12H10ClNO/c13-11-7-4-8-14(12(11)15)9-10-5-2-1-3-6-10/h1-8H,9H2. The number of pyridine rings is 1. The van der Waals surface area contributed by atoms with E-state index in [1.54, 1.807) is 22.9 Å². The third-order valence-electron chi connectivity index (χ3n) is 2.17.